The number of nitrogens with one attached hydrogen (secondary N) is 1. The molecule has 4 nitrogen and oxygen atoms in total. The van der Waals surface area contributed by atoms with Crippen LogP contribution in [0.1, 0.15) is 22.8 Å². The second kappa shape index (κ2) is 5.86. The van der Waals surface area contributed by atoms with Crippen molar-refractivity contribution >= 4 is 11.6 Å². The summed E-state index contributed by atoms with van der Waals surface area (Å²) in [6.07, 6.45) is 3.03. The van der Waals surface area contributed by atoms with E-state index in [1.54, 1.807) is 37.4 Å². The lowest BCUT2D eigenvalue weighted by atomic mass is 10.1. The number of pyridine rings is 1. The number of rotatable bonds is 3. The fourth-order valence-electron chi connectivity index (χ4n) is 1.47. The summed E-state index contributed by atoms with van der Waals surface area (Å²) in [4.78, 5) is 15.6. The largest absolute Gasteiger partial charge is 0.272 e. The molecular formula is C14H12FN3O. The van der Waals surface area contributed by atoms with Gasteiger partial charge in [0.25, 0.3) is 5.91 Å². The van der Waals surface area contributed by atoms with Gasteiger partial charge in [0.1, 0.15) is 5.82 Å². The molecule has 2 aromatic rings. The predicted molar refractivity (Wildman–Crippen MR) is 70.3 cm³/mol. The molecule has 1 N–H and O–H groups in total. The highest BCUT2D eigenvalue weighted by molar-refractivity contribution is 6.00. The standard InChI is InChI=1S/C14H12FN3O/c1-10(11-4-2-6-13(15)8-11)17-18-14(19)12-5-3-7-16-9-12/h2-9H,1H3,(H,18,19)/b17-10+. The highest BCUT2D eigenvalue weighted by atomic mass is 19.1. The molecule has 1 heterocycles. The number of aromatic nitrogens is 1. The molecule has 0 unspecified atom stereocenters. The first-order chi connectivity index (χ1) is 9.16. The Morgan fingerprint density at radius 3 is 2.74 bits per heavy atom. The van der Waals surface area contributed by atoms with Crippen LogP contribution in [-0.4, -0.2) is 16.6 Å². The third-order valence-electron chi connectivity index (χ3n) is 2.49. The lowest BCUT2D eigenvalue weighted by molar-refractivity contribution is 0.0954. The van der Waals surface area contributed by atoms with E-state index in [1.165, 1.54) is 18.3 Å². The number of hydrogen-bond acceptors (Lipinski definition) is 3. The van der Waals surface area contributed by atoms with E-state index in [9.17, 15) is 9.18 Å². The van der Waals surface area contributed by atoms with E-state index in [2.05, 4.69) is 15.5 Å². The van der Waals surface area contributed by atoms with Crippen molar-refractivity contribution in [2.75, 3.05) is 0 Å². The molecule has 0 bridgehead atoms. The summed E-state index contributed by atoms with van der Waals surface area (Å²) in [5, 5.41) is 3.93. The van der Waals surface area contributed by atoms with E-state index in [1.807, 2.05) is 0 Å². The number of amides is 1. The van der Waals surface area contributed by atoms with Gasteiger partial charge in [-0.25, -0.2) is 9.82 Å². The van der Waals surface area contributed by atoms with Gasteiger partial charge in [-0.3, -0.25) is 9.78 Å². The highest BCUT2D eigenvalue weighted by Gasteiger charge is 2.04. The van der Waals surface area contributed by atoms with Crippen molar-refractivity contribution in [1.82, 2.24) is 10.4 Å². The Morgan fingerprint density at radius 2 is 2.05 bits per heavy atom. The number of halogens is 1. The molecule has 19 heavy (non-hydrogen) atoms. The Hall–Kier alpha value is -2.56. The van der Waals surface area contributed by atoms with Gasteiger partial charge in [-0.2, -0.15) is 5.10 Å². The van der Waals surface area contributed by atoms with Gasteiger partial charge in [-0.05, 0) is 31.2 Å². The van der Waals surface area contributed by atoms with Crippen molar-refractivity contribution in [3.63, 3.8) is 0 Å². The van der Waals surface area contributed by atoms with Crippen LogP contribution in [0.15, 0.2) is 53.9 Å². The number of nitrogens with zero attached hydrogens (tertiary/aromatic N) is 2. The molecule has 0 aliphatic rings. The molecule has 0 aliphatic carbocycles. The molecule has 0 spiro atoms. The fourth-order valence-corrected chi connectivity index (χ4v) is 1.47. The van der Waals surface area contributed by atoms with Crippen LogP contribution < -0.4 is 5.43 Å². The Morgan fingerprint density at radius 1 is 1.26 bits per heavy atom. The zero-order valence-corrected chi connectivity index (χ0v) is 10.3. The van der Waals surface area contributed by atoms with Crippen molar-refractivity contribution in [2.24, 2.45) is 5.10 Å². The van der Waals surface area contributed by atoms with Gasteiger partial charge in [0.2, 0.25) is 0 Å². The summed E-state index contributed by atoms with van der Waals surface area (Å²) < 4.78 is 13.0. The molecule has 0 atom stereocenters. The third kappa shape index (κ3) is 3.45. The molecular weight excluding hydrogens is 245 g/mol. The average Bonchev–Trinajstić information content (AvgIpc) is 2.45. The van der Waals surface area contributed by atoms with Crippen LogP contribution in [0.5, 0.6) is 0 Å². The minimum Gasteiger partial charge on any atom is -0.267 e. The van der Waals surface area contributed by atoms with Crippen molar-refractivity contribution < 1.29 is 9.18 Å². The Balaban J connectivity index is 2.09. The maximum atomic E-state index is 13.0. The lowest BCUT2D eigenvalue weighted by Crippen LogP contribution is -2.19. The van der Waals surface area contributed by atoms with Crippen molar-refractivity contribution in [3.8, 4) is 0 Å². The molecule has 1 amide bonds. The summed E-state index contributed by atoms with van der Waals surface area (Å²) in [7, 11) is 0. The summed E-state index contributed by atoms with van der Waals surface area (Å²) in [6, 6.07) is 9.32. The van der Waals surface area contributed by atoms with Crippen molar-refractivity contribution in [2.45, 2.75) is 6.92 Å². The first-order valence-electron chi connectivity index (χ1n) is 5.67. The highest BCUT2D eigenvalue weighted by Crippen LogP contribution is 2.04. The molecule has 0 radical (unpaired) electrons. The summed E-state index contributed by atoms with van der Waals surface area (Å²) >= 11 is 0. The summed E-state index contributed by atoms with van der Waals surface area (Å²) in [6.45, 7) is 1.69. The number of hydrogen-bond donors (Lipinski definition) is 1. The quantitative estimate of drug-likeness (QED) is 0.678. The predicted octanol–water partition coefficient (Wildman–Crippen LogP) is 2.37. The van der Waals surface area contributed by atoms with Gasteiger partial charge in [-0.1, -0.05) is 12.1 Å². The molecule has 1 aromatic carbocycles. The Labute approximate surface area is 110 Å². The second-order valence-electron chi connectivity index (χ2n) is 3.89. The topological polar surface area (TPSA) is 54.4 Å². The lowest BCUT2D eigenvalue weighted by Gasteiger charge is -2.02. The van der Waals surface area contributed by atoms with Crippen molar-refractivity contribution in [3.05, 3.63) is 65.7 Å². The Kier molecular flexibility index (Phi) is 3.97. The van der Waals surface area contributed by atoms with Crippen LogP contribution in [0.4, 0.5) is 4.39 Å². The van der Waals surface area contributed by atoms with Crippen LogP contribution in [0, 0.1) is 5.82 Å². The molecule has 0 aliphatic heterocycles. The van der Waals surface area contributed by atoms with Gasteiger partial charge in [0.15, 0.2) is 0 Å². The van der Waals surface area contributed by atoms with Crippen molar-refractivity contribution in [1.29, 1.82) is 0 Å². The Bertz CT molecular complexity index is 611. The molecule has 5 heteroatoms. The first-order valence-corrected chi connectivity index (χ1v) is 5.67. The average molecular weight is 257 g/mol. The van der Waals surface area contributed by atoms with E-state index in [0.717, 1.165) is 0 Å². The van der Waals surface area contributed by atoms with Gasteiger partial charge >= 0.3 is 0 Å². The smallest absolute Gasteiger partial charge is 0.267 e. The number of benzene rings is 1. The number of hydrazone groups is 1. The van der Waals surface area contributed by atoms with Crippen LogP contribution in [-0.2, 0) is 0 Å². The zero-order valence-electron chi connectivity index (χ0n) is 10.3. The molecule has 0 saturated carbocycles. The minimum atomic E-state index is -0.358. The summed E-state index contributed by atoms with van der Waals surface area (Å²) in [5.41, 5.74) is 3.96. The first kappa shape index (κ1) is 12.9. The number of carbonyl (C=O) groups excluding carboxylic acids is 1. The van der Waals surface area contributed by atoms with Crippen LogP contribution in [0.2, 0.25) is 0 Å². The van der Waals surface area contributed by atoms with E-state index >= 15 is 0 Å². The number of carbonyl (C=O) groups is 1. The van der Waals surface area contributed by atoms with Crippen LogP contribution >= 0.6 is 0 Å². The SMILES string of the molecule is C/C(=N\NC(=O)c1cccnc1)c1cccc(F)c1. The fraction of sp³-hybridized carbons (Fsp3) is 0.0714. The van der Waals surface area contributed by atoms with Gasteiger partial charge in [-0.15, -0.1) is 0 Å². The van der Waals surface area contributed by atoms with Gasteiger partial charge in [0.05, 0.1) is 11.3 Å². The third-order valence-corrected chi connectivity index (χ3v) is 2.49. The van der Waals surface area contributed by atoms with E-state index < -0.39 is 0 Å². The minimum absolute atomic E-state index is 0.342. The summed E-state index contributed by atoms with van der Waals surface area (Å²) in [5.74, 6) is -0.700. The van der Waals surface area contributed by atoms with E-state index in [4.69, 9.17) is 0 Å². The van der Waals surface area contributed by atoms with Crippen LogP contribution in [0.25, 0.3) is 0 Å². The van der Waals surface area contributed by atoms with Gasteiger partial charge in [0, 0.05) is 18.0 Å². The van der Waals surface area contributed by atoms with Crippen LogP contribution in [0.3, 0.4) is 0 Å². The zero-order chi connectivity index (χ0) is 13.7. The monoisotopic (exact) mass is 257 g/mol. The van der Waals surface area contributed by atoms with Gasteiger partial charge < -0.3 is 0 Å². The second-order valence-corrected chi connectivity index (χ2v) is 3.89. The maximum absolute atomic E-state index is 13.0. The molecule has 2 rings (SSSR count). The molecule has 1 aromatic heterocycles. The maximum Gasteiger partial charge on any atom is 0.272 e. The molecule has 0 saturated heterocycles. The molecule has 0 fully saturated rings. The van der Waals surface area contributed by atoms with E-state index in [0.29, 0.717) is 16.8 Å². The normalized spacial score (nSPS) is 11.2. The van der Waals surface area contributed by atoms with E-state index in [-0.39, 0.29) is 11.7 Å². The molecule has 96 valence electrons.